The molecule has 0 N–H and O–H groups in total. The molecule has 0 unspecified atom stereocenters. The Morgan fingerprint density at radius 1 is 0.731 bits per heavy atom. The maximum atomic E-state index is 12.6. The zero-order valence-corrected chi connectivity index (χ0v) is 15.5. The predicted molar refractivity (Wildman–Crippen MR) is 99.0 cm³/mol. The average Bonchev–Trinajstić information content (AvgIpc) is 2.70. The van der Waals surface area contributed by atoms with Crippen LogP contribution in [0.15, 0.2) is 36.4 Å². The number of ether oxygens (including phenoxy) is 5. The summed E-state index contributed by atoms with van der Waals surface area (Å²) >= 11 is 0. The summed E-state index contributed by atoms with van der Waals surface area (Å²) in [6.45, 7) is 0. The zero-order valence-electron chi connectivity index (χ0n) is 15.5. The van der Waals surface area contributed by atoms with Crippen molar-refractivity contribution in [2.24, 2.45) is 0 Å². The topological polar surface area (TPSA) is 63.2 Å². The Hall–Kier alpha value is -3.15. The Morgan fingerprint density at radius 3 is 1.77 bits per heavy atom. The van der Waals surface area contributed by atoms with Crippen LogP contribution in [0.1, 0.15) is 15.9 Å². The van der Waals surface area contributed by atoms with Crippen molar-refractivity contribution in [3.8, 4) is 28.7 Å². The van der Waals surface area contributed by atoms with Crippen molar-refractivity contribution in [3.05, 3.63) is 47.5 Å². The van der Waals surface area contributed by atoms with Crippen LogP contribution in [0.25, 0.3) is 6.08 Å². The van der Waals surface area contributed by atoms with Crippen LogP contribution < -0.4 is 23.7 Å². The number of methoxy groups -OCH3 is 5. The van der Waals surface area contributed by atoms with Crippen molar-refractivity contribution < 1.29 is 28.5 Å². The van der Waals surface area contributed by atoms with Crippen LogP contribution in [0.3, 0.4) is 0 Å². The van der Waals surface area contributed by atoms with Crippen LogP contribution in [-0.2, 0) is 0 Å². The molecule has 6 nitrogen and oxygen atoms in total. The van der Waals surface area contributed by atoms with E-state index in [0.717, 1.165) is 0 Å². The quantitative estimate of drug-likeness (QED) is 0.530. The first-order valence-corrected chi connectivity index (χ1v) is 7.82. The Kier molecular flexibility index (Phi) is 6.49. The largest absolute Gasteiger partial charge is 0.497 e. The van der Waals surface area contributed by atoms with E-state index in [4.69, 9.17) is 23.7 Å². The molecule has 6 heteroatoms. The number of rotatable bonds is 8. The highest BCUT2D eigenvalue weighted by atomic mass is 16.5. The van der Waals surface area contributed by atoms with Gasteiger partial charge in [-0.1, -0.05) is 0 Å². The predicted octanol–water partition coefficient (Wildman–Crippen LogP) is 3.63. The van der Waals surface area contributed by atoms with Gasteiger partial charge in [-0.3, -0.25) is 4.79 Å². The number of hydrogen-bond acceptors (Lipinski definition) is 6. The van der Waals surface area contributed by atoms with Gasteiger partial charge in [-0.2, -0.15) is 0 Å². The summed E-state index contributed by atoms with van der Waals surface area (Å²) in [6, 6.07) is 8.47. The van der Waals surface area contributed by atoms with Gasteiger partial charge in [-0.25, -0.2) is 0 Å². The van der Waals surface area contributed by atoms with Crippen LogP contribution in [0.4, 0.5) is 0 Å². The molecular weight excluding hydrogens is 336 g/mol. The molecule has 26 heavy (non-hydrogen) atoms. The minimum Gasteiger partial charge on any atom is -0.497 e. The fraction of sp³-hybridized carbons (Fsp3) is 0.250. The second kappa shape index (κ2) is 8.80. The third kappa shape index (κ3) is 4.08. The summed E-state index contributed by atoms with van der Waals surface area (Å²) < 4.78 is 26.4. The van der Waals surface area contributed by atoms with Crippen molar-refractivity contribution in [2.45, 2.75) is 0 Å². The standard InChI is InChI=1S/C20H22O6/c1-22-13-6-7-15(18(10-13)24-3)17(21)9-8-16-19(25-4)11-14(23-2)12-20(16)26-5/h6-12H,1-5H3/b9-8+. The van der Waals surface area contributed by atoms with Crippen LogP contribution >= 0.6 is 0 Å². The van der Waals surface area contributed by atoms with Crippen molar-refractivity contribution in [3.63, 3.8) is 0 Å². The van der Waals surface area contributed by atoms with Crippen LogP contribution in [-0.4, -0.2) is 41.3 Å². The molecule has 0 aliphatic heterocycles. The lowest BCUT2D eigenvalue weighted by molar-refractivity contribution is 0.104. The molecule has 0 saturated heterocycles. The average molecular weight is 358 g/mol. The molecule has 0 fully saturated rings. The molecule has 0 saturated carbocycles. The summed E-state index contributed by atoms with van der Waals surface area (Å²) in [5.41, 5.74) is 1.06. The second-order valence-corrected chi connectivity index (χ2v) is 5.21. The van der Waals surface area contributed by atoms with Gasteiger partial charge < -0.3 is 23.7 Å². The van der Waals surface area contributed by atoms with Gasteiger partial charge in [-0.15, -0.1) is 0 Å². The van der Waals surface area contributed by atoms with E-state index in [1.165, 1.54) is 13.2 Å². The Labute approximate surface area is 152 Å². The fourth-order valence-electron chi connectivity index (χ4n) is 2.45. The Bertz CT molecular complexity index is 785. The number of ketones is 1. The molecule has 138 valence electrons. The lowest BCUT2D eigenvalue weighted by Crippen LogP contribution is -2.00. The highest BCUT2D eigenvalue weighted by Crippen LogP contribution is 2.35. The molecule has 2 aromatic carbocycles. The van der Waals surface area contributed by atoms with E-state index in [2.05, 4.69) is 0 Å². The van der Waals surface area contributed by atoms with E-state index >= 15 is 0 Å². The molecule has 0 aliphatic rings. The van der Waals surface area contributed by atoms with E-state index in [-0.39, 0.29) is 5.78 Å². The summed E-state index contributed by atoms with van der Waals surface area (Å²) in [5, 5.41) is 0. The lowest BCUT2D eigenvalue weighted by atomic mass is 10.1. The van der Waals surface area contributed by atoms with E-state index in [0.29, 0.717) is 39.9 Å². The van der Waals surface area contributed by atoms with Gasteiger partial charge in [0.15, 0.2) is 5.78 Å². The maximum absolute atomic E-state index is 12.6. The van der Waals surface area contributed by atoms with Crippen molar-refractivity contribution in [1.29, 1.82) is 0 Å². The van der Waals surface area contributed by atoms with Gasteiger partial charge in [0.1, 0.15) is 28.7 Å². The Morgan fingerprint density at radius 2 is 1.27 bits per heavy atom. The molecular formula is C20H22O6. The van der Waals surface area contributed by atoms with Gasteiger partial charge in [0.05, 0.1) is 46.7 Å². The molecule has 0 heterocycles. The summed E-state index contributed by atoms with van der Waals surface area (Å²) in [5.74, 6) is 2.50. The normalized spacial score (nSPS) is 10.5. The second-order valence-electron chi connectivity index (χ2n) is 5.21. The smallest absolute Gasteiger partial charge is 0.189 e. The first kappa shape index (κ1) is 19.2. The van der Waals surface area contributed by atoms with Crippen molar-refractivity contribution >= 4 is 11.9 Å². The molecule has 0 aliphatic carbocycles. The molecule has 2 rings (SSSR count). The molecule has 0 radical (unpaired) electrons. The van der Waals surface area contributed by atoms with Crippen LogP contribution in [0.5, 0.6) is 28.7 Å². The van der Waals surface area contributed by atoms with E-state index in [1.807, 2.05) is 0 Å². The summed E-state index contributed by atoms with van der Waals surface area (Å²) in [6.07, 6.45) is 3.08. The van der Waals surface area contributed by atoms with Gasteiger partial charge in [0.25, 0.3) is 0 Å². The highest BCUT2D eigenvalue weighted by Gasteiger charge is 2.14. The van der Waals surface area contributed by atoms with E-state index in [9.17, 15) is 4.79 Å². The highest BCUT2D eigenvalue weighted by molar-refractivity contribution is 6.09. The van der Waals surface area contributed by atoms with Crippen LogP contribution in [0.2, 0.25) is 0 Å². The third-order valence-electron chi connectivity index (χ3n) is 3.83. The molecule has 2 aromatic rings. The maximum Gasteiger partial charge on any atom is 0.189 e. The van der Waals surface area contributed by atoms with Crippen molar-refractivity contribution in [2.75, 3.05) is 35.5 Å². The fourth-order valence-corrected chi connectivity index (χ4v) is 2.45. The third-order valence-corrected chi connectivity index (χ3v) is 3.83. The van der Waals surface area contributed by atoms with E-state index < -0.39 is 0 Å². The SMILES string of the molecule is COc1ccc(C(=O)/C=C/c2c(OC)cc(OC)cc2OC)c(OC)c1. The van der Waals surface area contributed by atoms with E-state index in [1.54, 1.807) is 64.8 Å². The summed E-state index contributed by atoms with van der Waals surface area (Å²) in [4.78, 5) is 12.6. The number of carbonyl (C=O) groups excluding carboxylic acids is 1. The number of allylic oxidation sites excluding steroid dienone is 1. The number of carbonyl (C=O) groups is 1. The minimum atomic E-state index is -0.218. The lowest BCUT2D eigenvalue weighted by Gasteiger charge is -2.12. The first-order chi connectivity index (χ1) is 12.6. The first-order valence-electron chi connectivity index (χ1n) is 7.82. The molecule has 0 atom stereocenters. The molecule has 0 bridgehead atoms. The van der Waals surface area contributed by atoms with Gasteiger partial charge >= 0.3 is 0 Å². The van der Waals surface area contributed by atoms with Gasteiger partial charge in [0.2, 0.25) is 0 Å². The molecule has 0 spiro atoms. The minimum absolute atomic E-state index is 0.218. The number of benzene rings is 2. The van der Waals surface area contributed by atoms with Crippen LogP contribution in [0, 0.1) is 0 Å². The summed E-state index contributed by atoms with van der Waals surface area (Å²) in [7, 11) is 7.70. The molecule has 0 aromatic heterocycles. The van der Waals surface area contributed by atoms with Gasteiger partial charge in [0, 0.05) is 18.2 Å². The van der Waals surface area contributed by atoms with Crippen molar-refractivity contribution in [1.82, 2.24) is 0 Å². The molecule has 0 amide bonds. The Balaban J connectivity index is 2.39. The monoisotopic (exact) mass is 358 g/mol. The van der Waals surface area contributed by atoms with Gasteiger partial charge in [-0.05, 0) is 24.3 Å². The number of hydrogen-bond donors (Lipinski definition) is 0. The zero-order chi connectivity index (χ0) is 19.1.